The van der Waals surface area contributed by atoms with Gasteiger partial charge in [-0.05, 0) is 39.8 Å². The molecule has 1 rings (SSSR count). The standard InChI is InChI=1S/C16H22N2O4/c1-5-21-16(20)12(3)13(4)17-18-15(19)10-22-14-8-6-11(2)7-9-14/h6-9,12H,5,10H2,1-4H3,(H,18,19). The quantitative estimate of drug-likeness (QED) is 0.475. The van der Waals surface area contributed by atoms with Crippen LogP contribution < -0.4 is 10.2 Å². The SMILES string of the molecule is CCOC(=O)C(C)C(C)=NNC(=O)COc1ccc(C)cc1. The number of nitrogens with zero attached hydrogens (tertiary/aromatic N) is 1. The minimum absolute atomic E-state index is 0.145. The zero-order valence-electron chi connectivity index (χ0n) is 13.4. The summed E-state index contributed by atoms with van der Waals surface area (Å²) in [6, 6.07) is 7.38. The number of hydrazone groups is 1. The molecule has 0 saturated heterocycles. The number of benzene rings is 1. The molecular formula is C16H22N2O4. The Bertz CT molecular complexity index is 538. The summed E-state index contributed by atoms with van der Waals surface area (Å²) in [6.45, 7) is 7.20. The first kappa shape index (κ1) is 17.7. The molecule has 1 amide bonds. The lowest BCUT2D eigenvalue weighted by Gasteiger charge is -2.10. The first-order chi connectivity index (χ1) is 10.4. The van der Waals surface area contributed by atoms with Gasteiger partial charge in [-0.2, -0.15) is 5.10 Å². The highest BCUT2D eigenvalue weighted by molar-refractivity contribution is 6.00. The fourth-order valence-electron chi connectivity index (χ4n) is 1.50. The lowest BCUT2D eigenvalue weighted by Crippen LogP contribution is -2.28. The van der Waals surface area contributed by atoms with Gasteiger partial charge in [0.05, 0.1) is 12.5 Å². The Morgan fingerprint density at radius 2 is 1.91 bits per heavy atom. The van der Waals surface area contributed by atoms with Crippen LogP contribution in [0.25, 0.3) is 0 Å². The second-order valence-electron chi connectivity index (χ2n) is 4.86. The highest BCUT2D eigenvalue weighted by Gasteiger charge is 2.17. The van der Waals surface area contributed by atoms with Crippen LogP contribution in [0.15, 0.2) is 29.4 Å². The van der Waals surface area contributed by atoms with Crippen molar-refractivity contribution in [2.45, 2.75) is 27.7 Å². The summed E-state index contributed by atoms with van der Waals surface area (Å²) in [7, 11) is 0. The van der Waals surface area contributed by atoms with E-state index in [0.717, 1.165) is 5.56 Å². The number of carbonyl (C=O) groups excluding carboxylic acids is 2. The van der Waals surface area contributed by atoms with Crippen molar-refractivity contribution in [3.8, 4) is 5.75 Å². The van der Waals surface area contributed by atoms with Crippen molar-refractivity contribution < 1.29 is 19.1 Å². The smallest absolute Gasteiger partial charge is 0.314 e. The zero-order chi connectivity index (χ0) is 16.5. The molecule has 6 heteroatoms. The predicted molar refractivity (Wildman–Crippen MR) is 83.7 cm³/mol. The van der Waals surface area contributed by atoms with E-state index in [1.165, 1.54) is 0 Å². The average Bonchev–Trinajstić information content (AvgIpc) is 2.51. The van der Waals surface area contributed by atoms with Crippen molar-refractivity contribution >= 4 is 17.6 Å². The van der Waals surface area contributed by atoms with Crippen LogP contribution in [0.2, 0.25) is 0 Å². The van der Waals surface area contributed by atoms with Gasteiger partial charge in [0, 0.05) is 5.71 Å². The van der Waals surface area contributed by atoms with Crippen LogP contribution in [-0.4, -0.2) is 30.8 Å². The molecule has 1 unspecified atom stereocenters. The van der Waals surface area contributed by atoms with Gasteiger partial charge >= 0.3 is 5.97 Å². The number of rotatable bonds is 7. The molecule has 0 spiro atoms. The third-order valence-electron chi connectivity index (χ3n) is 3.01. The van der Waals surface area contributed by atoms with Gasteiger partial charge in [-0.1, -0.05) is 17.7 Å². The third kappa shape index (κ3) is 5.95. The lowest BCUT2D eigenvalue weighted by atomic mass is 10.1. The lowest BCUT2D eigenvalue weighted by molar-refractivity contribution is -0.145. The molecule has 1 aromatic carbocycles. The van der Waals surface area contributed by atoms with Gasteiger partial charge in [0.25, 0.3) is 5.91 Å². The Labute approximate surface area is 130 Å². The monoisotopic (exact) mass is 306 g/mol. The number of aryl methyl sites for hydroxylation is 1. The molecule has 22 heavy (non-hydrogen) atoms. The summed E-state index contributed by atoms with van der Waals surface area (Å²) < 4.78 is 10.2. The summed E-state index contributed by atoms with van der Waals surface area (Å²) in [5.41, 5.74) is 3.95. The Morgan fingerprint density at radius 3 is 2.50 bits per heavy atom. The van der Waals surface area contributed by atoms with Crippen LogP contribution in [-0.2, 0) is 14.3 Å². The van der Waals surface area contributed by atoms with Crippen LogP contribution in [0, 0.1) is 12.8 Å². The molecule has 0 aliphatic rings. The van der Waals surface area contributed by atoms with E-state index in [2.05, 4.69) is 10.5 Å². The number of hydrogen-bond donors (Lipinski definition) is 1. The third-order valence-corrected chi connectivity index (χ3v) is 3.01. The van der Waals surface area contributed by atoms with Crippen LogP contribution in [0.5, 0.6) is 5.75 Å². The maximum absolute atomic E-state index is 11.6. The van der Waals surface area contributed by atoms with E-state index in [-0.39, 0.29) is 12.6 Å². The first-order valence-corrected chi connectivity index (χ1v) is 7.13. The van der Waals surface area contributed by atoms with Gasteiger partial charge < -0.3 is 9.47 Å². The molecule has 0 bridgehead atoms. The summed E-state index contributed by atoms with van der Waals surface area (Å²) in [5, 5.41) is 3.89. The number of carbonyl (C=O) groups is 2. The molecule has 0 aliphatic heterocycles. The Morgan fingerprint density at radius 1 is 1.27 bits per heavy atom. The van der Waals surface area contributed by atoms with Gasteiger partial charge in [0.1, 0.15) is 5.75 Å². The maximum Gasteiger partial charge on any atom is 0.314 e. The van der Waals surface area contributed by atoms with Gasteiger partial charge in [-0.25, -0.2) is 5.43 Å². The number of nitrogens with one attached hydrogen (secondary N) is 1. The molecule has 0 saturated carbocycles. The molecule has 6 nitrogen and oxygen atoms in total. The summed E-state index contributed by atoms with van der Waals surface area (Å²) >= 11 is 0. The number of amides is 1. The van der Waals surface area contributed by atoms with Crippen molar-refractivity contribution in [3.63, 3.8) is 0 Å². The summed E-state index contributed by atoms with van der Waals surface area (Å²) in [5.74, 6) is -0.649. The van der Waals surface area contributed by atoms with Gasteiger partial charge in [-0.15, -0.1) is 0 Å². The minimum atomic E-state index is -0.502. The number of ether oxygens (including phenoxy) is 2. The molecule has 0 aliphatic carbocycles. The maximum atomic E-state index is 11.6. The first-order valence-electron chi connectivity index (χ1n) is 7.13. The fourth-order valence-corrected chi connectivity index (χ4v) is 1.50. The highest BCUT2D eigenvalue weighted by atomic mass is 16.5. The van der Waals surface area contributed by atoms with E-state index < -0.39 is 11.8 Å². The van der Waals surface area contributed by atoms with Crippen molar-refractivity contribution in [3.05, 3.63) is 29.8 Å². The zero-order valence-corrected chi connectivity index (χ0v) is 13.4. The van der Waals surface area contributed by atoms with E-state index in [1.807, 2.05) is 19.1 Å². The van der Waals surface area contributed by atoms with Crippen molar-refractivity contribution in [2.24, 2.45) is 11.0 Å². The van der Waals surface area contributed by atoms with Crippen molar-refractivity contribution in [2.75, 3.05) is 13.2 Å². The van der Waals surface area contributed by atoms with E-state index in [1.54, 1.807) is 32.9 Å². The van der Waals surface area contributed by atoms with Gasteiger partial charge in [0.15, 0.2) is 6.61 Å². The summed E-state index contributed by atoms with van der Waals surface area (Å²) in [6.07, 6.45) is 0. The Kier molecular flexibility index (Phi) is 7.08. The highest BCUT2D eigenvalue weighted by Crippen LogP contribution is 2.10. The van der Waals surface area contributed by atoms with Gasteiger partial charge in [-0.3, -0.25) is 9.59 Å². The molecule has 1 N–H and O–H groups in total. The van der Waals surface area contributed by atoms with E-state index in [4.69, 9.17) is 9.47 Å². The van der Waals surface area contributed by atoms with Crippen molar-refractivity contribution in [1.82, 2.24) is 5.43 Å². The second-order valence-corrected chi connectivity index (χ2v) is 4.86. The van der Waals surface area contributed by atoms with E-state index >= 15 is 0 Å². The summed E-state index contributed by atoms with van der Waals surface area (Å²) in [4.78, 5) is 23.2. The topological polar surface area (TPSA) is 77.0 Å². The molecular weight excluding hydrogens is 284 g/mol. The van der Waals surface area contributed by atoms with Crippen LogP contribution in [0.1, 0.15) is 26.3 Å². The molecule has 1 atom stereocenters. The number of hydrogen-bond acceptors (Lipinski definition) is 5. The fraction of sp³-hybridized carbons (Fsp3) is 0.438. The molecule has 0 fully saturated rings. The molecule has 0 heterocycles. The largest absolute Gasteiger partial charge is 0.484 e. The molecule has 0 radical (unpaired) electrons. The number of esters is 1. The molecule has 1 aromatic rings. The Hall–Kier alpha value is -2.37. The van der Waals surface area contributed by atoms with E-state index in [0.29, 0.717) is 18.1 Å². The minimum Gasteiger partial charge on any atom is -0.484 e. The molecule has 0 aromatic heterocycles. The normalized spacial score (nSPS) is 12.5. The van der Waals surface area contributed by atoms with Crippen LogP contribution >= 0.6 is 0 Å². The average molecular weight is 306 g/mol. The van der Waals surface area contributed by atoms with Crippen LogP contribution in [0.4, 0.5) is 0 Å². The van der Waals surface area contributed by atoms with Crippen molar-refractivity contribution in [1.29, 1.82) is 0 Å². The van der Waals surface area contributed by atoms with Crippen LogP contribution in [0.3, 0.4) is 0 Å². The predicted octanol–water partition coefficient (Wildman–Crippen LogP) is 2.07. The van der Waals surface area contributed by atoms with Gasteiger partial charge in [0.2, 0.25) is 0 Å². The van der Waals surface area contributed by atoms with E-state index in [9.17, 15) is 9.59 Å². The Balaban J connectivity index is 2.42. The second kappa shape index (κ2) is 8.81. The molecule has 120 valence electrons.